The van der Waals surface area contributed by atoms with E-state index in [1.165, 1.54) is 10.8 Å². The monoisotopic (exact) mass is 627 g/mol. The second kappa shape index (κ2) is 11.0. The fraction of sp³-hybridized carbons (Fsp3) is 0. The molecule has 0 aliphatic heterocycles. The average molecular weight is 628 g/mol. The van der Waals surface area contributed by atoms with Gasteiger partial charge >= 0.3 is 0 Å². The van der Waals surface area contributed by atoms with Gasteiger partial charge in [0.1, 0.15) is 22.3 Å². The molecule has 10 aromatic rings. The Kier molecular flexibility index (Phi) is 6.18. The maximum absolute atomic E-state index is 6.58. The lowest BCUT2D eigenvalue weighted by atomic mass is 9.96. The maximum Gasteiger partial charge on any atom is 0.143 e. The Bertz CT molecular complexity index is 2860. The first-order valence-electron chi connectivity index (χ1n) is 16.6. The molecule has 0 bridgehead atoms. The number of rotatable bonds is 5. The molecule has 3 nitrogen and oxygen atoms in total. The fourth-order valence-corrected chi connectivity index (χ4v) is 7.39. The number of hydrogen-bond donors (Lipinski definition) is 0. The highest BCUT2D eigenvalue weighted by molar-refractivity contribution is 6.11. The lowest BCUT2D eigenvalue weighted by Crippen LogP contribution is -2.12. The van der Waals surface area contributed by atoms with Crippen molar-refractivity contribution in [1.82, 2.24) is 0 Å². The van der Waals surface area contributed by atoms with E-state index < -0.39 is 0 Å². The molecule has 8 aromatic carbocycles. The summed E-state index contributed by atoms with van der Waals surface area (Å²) in [6, 6.07) is 62.1. The summed E-state index contributed by atoms with van der Waals surface area (Å²) in [6.45, 7) is 0. The van der Waals surface area contributed by atoms with Crippen LogP contribution in [0.4, 0.5) is 17.1 Å². The number of benzene rings is 8. The number of fused-ring (bicyclic) bond motifs is 7. The van der Waals surface area contributed by atoms with Gasteiger partial charge in [-0.3, -0.25) is 0 Å². The standard InChI is InChI=1S/C46H29NO2/c1-2-13-31-28-32(25-24-30(31)12-1)34-14-3-7-20-41(34)47(33-26-27-38-36-16-5-9-22-43(36)48-45(38)29-33)42-21-8-4-15-35(42)39-18-11-19-40-37-17-6-10-23-44(37)49-46(39)40/h1-29H. The van der Waals surface area contributed by atoms with Crippen LogP contribution in [0, 0.1) is 0 Å². The molecule has 230 valence electrons. The molecule has 0 amide bonds. The predicted octanol–water partition coefficient (Wildman–Crippen LogP) is 13.4. The Morgan fingerprint density at radius 3 is 1.78 bits per heavy atom. The summed E-state index contributed by atoms with van der Waals surface area (Å²) in [7, 11) is 0. The van der Waals surface area contributed by atoms with Gasteiger partial charge in [-0.05, 0) is 58.8 Å². The number of anilines is 3. The molecule has 0 spiro atoms. The normalized spacial score (nSPS) is 11.7. The zero-order valence-corrected chi connectivity index (χ0v) is 26.5. The Morgan fingerprint density at radius 1 is 0.347 bits per heavy atom. The van der Waals surface area contributed by atoms with Gasteiger partial charge in [-0.1, -0.05) is 127 Å². The van der Waals surface area contributed by atoms with Crippen LogP contribution >= 0.6 is 0 Å². The molecule has 10 rings (SSSR count). The first-order chi connectivity index (χ1) is 24.3. The number of nitrogens with zero attached hydrogens (tertiary/aromatic N) is 1. The summed E-state index contributed by atoms with van der Waals surface area (Å²) in [6.07, 6.45) is 0. The van der Waals surface area contributed by atoms with Crippen molar-refractivity contribution in [2.75, 3.05) is 4.90 Å². The van der Waals surface area contributed by atoms with E-state index in [4.69, 9.17) is 8.83 Å². The maximum atomic E-state index is 6.58. The summed E-state index contributed by atoms with van der Waals surface area (Å²) >= 11 is 0. The lowest BCUT2D eigenvalue weighted by Gasteiger charge is -2.30. The van der Waals surface area contributed by atoms with E-state index in [-0.39, 0.29) is 0 Å². The van der Waals surface area contributed by atoms with E-state index in [0.29, 0.717) is 0 Å². The SMILES string of the molecule is c1ccc(N(c2ccc3c(c2)oc2ccccc23)c2ccccc2-c2cccc3c2oc2ccccc23)c(-c2ccc3ccccc3c2)c1. The van der Waals surface area contributed by atoms with Gasteiger partial charge in [-0.25, -0.2) is 0 Å². The van der Waals surface area contributed by atoms with Gasteiger partial charge in [-0.15, -0.1) is 0 Å². The van der Waals surface area contributed by atoms with Gasteiger partial charge in [0.15, 0.2) is 0 Å². The molecule has 0 unspecified atom stereocenters. The average Bonchev–Trinajstić information content (AvgIpc) is 3.73. The molecule has 0 radical (unpaired) electrons. The Labute approximate surface area is 282 Å². The summed E-state index contributed by atoms with van der Waals surface area (Å²) in [5, 5.41) is 6.87. The first-order valence-corrected chi connectivity index (χ1v) is 16.6. The van der Waals surface area contributed by atoms with Crippen molar-refractivity contribution in [1.29, 1.82) is 0 Å². The molecule has 3 heteroatoms. The van der Waals surface area contributed by atoms with Gasteiger partial charge in [0.05, 0.1) is 11.4 Å². The Balaban J connectivity index is 1.25. The molecule has 0 aliphatic rings. The summed E-state index contributed by atoms with van der Waals surface area (Å²) in [4.78, 5) is 2.37. The van der Waals surface area contributed by atoms with E-state index >= 15 is 0 Å². The van der Waals surface area contributed by atoms with Crippen LogP contribution in [-0.2, 0) is 0 Å². The molecular weight excluding hydrogens is 599 g/mol. The van der Waals surface area contributed by atoms with Gasteiger partial charge in [0, 0.05) is 50.0 Å². The van der Waals surface area contributed by atoms with Crippen LogP contribution in [-0.4, -0.2) is 0 Å². The highest BCUT2D eigenvalue weighted by Crippen LogP contribution is 2.47. The largest absolute Gasteiger partial charge is 0.456 e. The first kappa shape index (κ1) is 27.5. The topological polar surface area (TPSA) is 29.5 Å². The highest BCUT2D eigenvalue weighted by Gasteiger charge is 2.23. The third kappa shape index (κ3) is 4.44. The van der Waals surface area contributed by atoms with E-state index in [0.717, 1.165) is 83.2 Å². The summed E-state index contributed by atoms with van der Waals surface area (Å²) in [5.74, 6) is 0. The van der Waals surface area contributed by atoms with E-state index in [9.17, 15) is 0 Å². The van der Waals surface area contributed by atoms with Crippen LogP contribution in [0.25, 0.3) is 76.9 Å². The lowest BCUT2D eigenvalue weighted by molar-refractivity contribution is 0.669. The van der Waals surface area contributed by atoms with Crippen molar-refractivity contribution in [3.63, 3.8) is 0 Å². The van der Waals surface area contributed by atoms with Crippen LogP contribution in [0.2, 0.25) is 0 Å². The quantitative estimate of drug-likeness (QED) is 0.190. The number of hydrogen-bond acceptors (Lipinski definition) is 3. The van der Waals surface area contributed by atoms with Crippen molar-refractivity contribution < 1.29 is 8.83 Å². The summed E-state index contributed by atoms with van der Waals surface area (Å²) < 4.78 is 13.0. The molecule has 0 aliphatic carbocycles. The smallest absolute Gasteiger partial charge is 0.143 e. The minimum atomic E-state index is 0.851. The summed E-state index contributed by atoms with van der Waals surface area (Å²) in [5.41, 5.74) is 11.0. The molecule has 0 N–H and O–H groups in total. The number of furan rings is 2. The molecule has 0 saturated carbocycles. The van der Waals surface area contributed by atoms with Crippen LogP contribution in [0.1, 0.15) is 0 Å². The third-order valence-corrected chi connectivity index (χ3v) is 9.67. The minimum Gasteiger partial charge on any atom is -0.456 e. The van der Waals surface area contributed by atoms with E-state index in [2.05, 4.69) is 157 Å². The van der Waals surface area contributed by atoms with Crippen molar-refractivity contribution in [2.45, 2.75) is 0 Å². The number of para-hydroxylation sites is 5. The van der Waals surface area contributed by atoms with E-state index in [1.807, 2.05) is 24.3 Å². The molecule has 2 aromatic heterocycles. The van der Waals surface area contributed by atoms with Crippen LogP contribution in [0.3, 0.4) is 0 Å². The molecule has 49 heavy (non-hydrogen) atoms. The van der Waals surface area contributed by atoms with Crippen molar-refractivity contribution in [2.24, 2.45) is 0 Å². The second-order valence-corrected chi connectivity index (χ2v) is 12.5. The van der Waals surface area contributed by atoms with Crippen LogP contribution < -0.4 is 4.90 Å². The van der Waals surface area contributed by atoms with Gasteiger partial charge < -0.3 is 13.7 Å². The predicted molar refractivity (Wildman–Crippen MR) is 204 cm³/mol. The van der Waals surface area contributed by atoms with Gasteiger partial charge in [0.2, 0.25) is 0 Å². The second-order valence-electron chi connectivity index (χ2n) is 12.5. The van der Waals surface area contributed by atoms with Gasteiger partial charge in [0.25, 0.3) is 0 Å². The van der Waals surface area contributed by atoms with Crippen molar-refractivity contribution >= 4 is 71.7 Å². The Hall–Kier alpha value is -6.58. The molecule has 2 heterocycles. The zero-order valence-electron chi connectivity index (χ0n) is 26.5. The molecule has 0 saturated heterocycles. The van der Waals surface area contributed by atoms with Gasteiger partial charge in [-0.2, -0.15) is 0 Å². The highest BCUT2D eigenvalue weighted by atomic mass is 16.3. The third-order valence-electron chi connectivity index (χ3n) is 9.67. The minimum absolute atomic E-state index is 0.851. The van der Waals surface area contributed by atoms with E-state index in [1.54, 1.807) is 0 Å². The molecule has 0 fully saturated rings. The van der Waals surface area contributed by atoms with Crippen LogP contribution in [0.15, 0.2) is 185 Å². The molecule has 0 atom stereocenters. The van der Waals surface area contributed by atoms with Crippen LogP contribution in [0.5, 0.6) is 0 Å². The molecular formula is C46H29NO2. The van der Waals surface area contributed by atoms with Crippen molar-refractivity contribution in [3.8, 4) is 22.3 Å². The Morgan fingerprint density at radius 2 is 0.939 bits per heavy atom. The fourth-order valence-electron chi connectivity index (χ4n) is 7.39. The zero-order chi connectivity index (χ0) is 32.3. The van der Waals surface area contributed by atoms with Crippen molar-refractivity contribution in [3.05, 3.63) is 176 Å².